The number of fused-ring (bicyclic) bond motifs is 1. The van der Waals surface area contributed by atoms with E-state index in [2.05, 4.69) is 0 Å². The van der Waals surface area contributed by atoms with Gasteiger partial charge in [0.15, 0.2) is 0 Å². The van der Waals surface area contributed by atoms with Crippen molar-refractivity contribution >= 4 is 11.6 Å². The molecule has 0 saturated heterocycles. The maximum absolute atomic E-state index is 13.4. The highest BCUT2D eigenvalue weighted by molar-refractivity contribution is 6.31. The number of benzene rings is 2. The average molecular weight is 263 g/mol. The highest BCUT2D eigenvalue weighted by Crippen LogP contribution is 2.44. The van der Waals surface area contributed by atoms with E-state index in [4.69, 9.17) is 11.6 Å². The number of halogens is 2. The van der Waals surface area contributed by atoms with Gasteiger partial charge in [-0.15, -0.1) is 0 Å². The van der Waals surface area contributed by atoms with Crippen molar-refractivity contribution in [2.45, 2.75) is 18.4 Å². The summed E-state index contributed by atoms with van der Waals surface area (Å²) >= 11 is 6.11. The summed E-state index contributed by atoms with van der Waals surface area (Å²) < 4.78 is 13.4. The van der Waals surface area contributed by atoms with E-state index in [0.717, 1.165) is 17.5 Å². The number of hydrogen-bond acceptors (Lipinski definition) is 1. The van der Waals surface area contributed by atoms with Gasteiger partial charge >= 0.3 is 0 Å². The second-order valence-corrected chi connectivity index (χ2v) is 5.05. The Morgan fingerprint density at radius 2 is 1.89 bits per heavy atom. The molecule has 1 atom stereocenters. The highest BCUT2D eigenvalue weighted by atomic mass is 35.5. The van der Waals surface area contributed by atoms with Crippen LogP contribution in [0.15, 0.2) is 42.5 Å². The molecule has 92 valence electrons. The van der Waals surface area contributed by atoms with Crippen molar-refractivity contribution in [3.05, 3.63) is 70.0 Å². The summed E-state index contributed by atoms with van der Waals surface area (Å²) in [5.41, 5.74) is 1.21. The van der Waals surface area contributed by atoms with Crippen molar-refractivity contribution in [2.24, 2.45) is 0 Å². The maximum Gasteiger partial charge on any atom is 0.123 e. The van der Waals surface area contributed by atoms with Crippen LogP contribution in [-0.4, -0.2) is 5.11 Å². The molecule has 0 aromatic heterocycles. The summed E-state index contributed by atoms with van der Waals surface area (Å²) in [4.78, 5) is 0. The van der Waals surface area contributed by atoms with E-state index in [-0.39, 0.29) is 5.82 Å². The van der Waals surface area contributed by atoms with Crippen LogP contribution in [-0.2, 0) is 12.0 Å². The van der Waals surface area contributed by atoms with Crippen molar-refractivity contribution in [1.82, 2.24) is 0 Å². The lowest BCUT2D eigenvalue weighted by atomic mass is 9.88. The van der Waals surface area contributed by atoms with Crippen LogP contribution in [0.3, 0.4) is 0 Å². The molecule has 1 aliphatic rings. The maximum atomic E-state index is 13.4. The van der Waals surface area contributed by atoms with Crippen LogP contribution in [0.4, 0.5) is 4.39 Å². The van der Waals surface area contributed by atoms with E-state index in [1.807, 2.05) is 24.3 Å². The SMILES string of the molecule is OC1(c2cc(F)ccc2Cl)CCc2ccccc21. The zero-order valence-electron chi connectivity index (χ0n) is 9.66. The second-order valence-electron chi connectivity index (χ2n) is 4.64. The Morgan fingerprint density at radius 1 is 1.11 bits per heavy atom. The molecule has 0 saturated carbocycles. The van der Waals surface area contributed by atoms with Crippen LogP contribution < -0.4 is 0 Å². The Balaban J connectivity index is 2.20. The molecular formula is C15H12ClFO. The molecule has 1 aliphatic carbocycles. The summed E-state index contributed by atoms with van der Waals surface area (Å²) in [5, 5.41) is 11.3. The summed E-state index contributed by atoms with van der Waals surface area (Å²) in [5.74, 6) is -0.382. The van der Waals surface area contributed by atoms with Gasteiger partial charge < -0.3 is 5.11 Å². The number of hydrogen-bond donors (Lipinski definition) is 1. The van der Waals surface area contributed by atoms with Gasteiger partial charge in [-0.25, -0.2) is 4.39 Å². The minimum atomic E-state index is -1.17. The molecule has 0 amide bonds. The van der Waals surface area contributed by atoms with Gasteiger partial charge in [0.2, 0.25) is 0 Å². The van der Waals surface area contributed by atoms with Gasteiger partial charge in [-0.2, -0.15) is 0 Å². The quantitative estimate of drug-likeness (QED) is 0.832. The van der Waals surface area contributed by atoms with E-state index >= 15 is 0 Å². The van der Waals surface area contributed by atoms with Crippen molar-refractivity contribution in [3.8, 4) is 0 Å². The van der Waals surface area contributed by atoms with Crippen LogP contribution >= 0.6 is 11.6 Å². The first-order chi connectivity index (χ1) is 8.61. The lowest BCUT2D eigenvalue weighted by Crippen LogP contribution is -2.24. The summed E-state index contributed by atoms with van der Waals surface area (Å²) in [6, 6.07) is 11.8. The summed E-state index contributed by atoms with van der Waals surface area (Å²) in [6.45, 7) is 0. The Labute approximate surface area is 110 Å². The minimum absolute atomic E-state index is 0.382. The van der Waals surface area contributed by atoms with E-state index in [9.17, 15) is 9.50 Å². The molecule has 2 aromatic rings. The summed E-state index contributed by atoms with van der Waals surface area (Å²) in [7, 11) is 0. The lowest BCUT2D eigenvalue weighted by molar-refractivity contribution is 0.0827. The first kappa shape index (κ1) is 11.7. The smallest absolute Gasteiger partial charge is 0.123 e. The van der Waals surface area contributed by atoms with Crippen LogP contribution in [0.25, 0.3) is 0 Å². The minimum Gasteiger partial charge on any atom is -0.380 e. The van der Waals surface area contributed by atoms with Gasteiger partial charge in [0.05, 0.1) is 0 Å². The molecule has 3 heteroatoms. The fourth-order valence-electron chi connectivity index (χ4n) is 2.69. The molecule has 1 N–H and O–H groups in total. The van der Waals surface area contributed by atoms with Crippen molar-refractivity contribution < 1.29 is 9.50 Å². The van der Waals surface area contributed by atoms with Gasteiger partial charge in [-0.3, -0.25) is 0 Å². The fraction of sp³-hybridized carbons (Fsp3) is 0.200. The van der Waals surface area contributed by atoms with Crippen LogP contribution in [0, 0.1) is 5.82 Å². The molecule has 3 rings (SSSR count). The van der Waals surface area contributed by atoms with Crippen molar-refractivity contribution in [3.63, 3.8) is 0 Å². The molecule has 0 heterocycles. The predicted molar refractivity (Wildman–Crippen MR) is 69.2 cm³/mol. The molecule has 0 bridgehead atoms. The van der Waals surface area contributed by atoms with Gasteiger partial charge in [-0.1, -0.05) is 35.9 Å². The van der Waals surface area contributed by atoms with E-state index in [0.29, 0.717) is 17.0 Å². The van der Waals surface area contributed by atoms with Crippen molar-refractivity contribution in [2.75, 3.05) is 0 Å². The van der Waals surface area contributed by atoms with Crippen LogP contribution in [0.5, 0.6) is 0 Å². The average Bonchev–Trinajstić information content (AvgIpc) is 2.72. The van der Waals surface area contributed by atoms with E-state index in [1.54, 1.807) is 0 Å². The molecular weight excluding hydrogens is 251 g/mol. The third-order valence-corrected chi connectivity index (χ3v) is 3.92. The number of aryl methyl sites for hydroxylation is 1. The first-order valence-electron chi connectivity index (χ1n) is 5.87. The van der Waals surface area contributed by atoms with Gasteiger partial charge in [0.25, 0.3) is 0 Å². The van der Waals surface area contributed by atoms with Crippen LogP contribution in [0.1, 0.15) is 23.1 Å². The fourth-order valence-corrected chi connectivity index (χ4v) is 2.96. The largest absolute Gasteiger partial charge is 0.380 e. The first-order valence-corrected chi connectivity index (χ1v) is 6.25. The Bertz CT molecular complexity index is 611. The molecule has 1 unspecified atom stereocenters. The lowest BCUT2D eigenvalue weighted by Gasteiger charge is -2.25. The molecule has 1 nitrogen and oxygen atoms in total. The topological polar surface area (TPSA) is 20.2 Å². The molecule has 0 spiro atoms. The molecule has 0 radical (unpaired) electrons. The third-order valence-electron chi connectivity index (χ3n) is 3.59. The second kappa shape index (κ2) is 4.08. The predicted octanol–water partition coefficient (Wildman–Crippen LogP) is 3.66. The van der Waals surface area contributed by atoms with Crippen LogP contribution in [0.2, 0.25) is 5.02 Å². The molecule has 0 fully saturated rings. The zero-order chi connectivity index (χ0) is 12.8. The highest BCUT2D eigenvalue weighted by Gasteiger charge is 2.39. The molecule has 18 heavy (non-hydrogen) atoms. The molecule has 2 aromatic carbocycles. The van der Waals surface area contributed by atoms with Gasteiger partial charge in [0.1, 0.15) is 11.4 Å². The standard InChI is InChI=1S/C15H12ClFO/c16-14-6-5-11(17)9-13(14)15(18)8-7-10-3-1-2-4-12(10)15/h1-6,9,18H,7-8H2. The normalized spacial score (nSPS) is 21.9. The number of rotatable bonds is 1. The van der Waals surface area contributed by atoms with E-state index in [1.165, 1.54) is 18.2 Å². The summed E-state index contributed by atoms with van der Waals surface area (Å²) in [6.07, 6.45) is 1.31. The van der Waals surface area contributed by atoms with Crippen molar-refractivity contribution in [1.29, 1.82) is 0 Å². The van der Waals surface area contributed by atoms with E-state index < -0.39 is 5.60 Å². The third kappa shape index (κ3) is 1.64. The Kier molecular flexibility index (Phi) is 2.65. The number of aliphatic hydroxyl groups is 1. The van der Waals surface area contributed by atoms with Gasteiger partial charge in [0, 0.05) is 10.6 Å². The Hall–Kier alpha value is -1.38. The zero-order valence-corrected chi connectivity index (χ0v) is 10.4. The monoisotopic (exact) mass is 262 g/mol. The van der Waals surface area contributed by atoms with Gasteiger partial charge in [-0.05, 0) is 42.2 Å². The Morgan fingerprint density at radius 3 is 2.72 bits per heavy atom. The molecule has 0 aliphatic heterocycles.